The molecule has 1 fully saturated rings. The van der Waals surface area contributed by atoms with Crippen molar-refractivity contribution in [2.45, 2.75) is 13.3 Å². The van der Waals surface area contributed by atoms with Crippen LogP contribution in [0.5, 0.6) is 17.2 Å². The van der Waals surface area contributed by atoms with Crippen LogP contribution in [-0.4, -0.2) is 39.7 Å². The zero-order chi connectivity index (χ0) is 21.1. The highest BCUT2D eigenvalue weighted by Gasteiger charge is 2.35. The zero-order valence-corrected chi connectivity index (χ0v) is 17.5. The Bertz CT molecular complexity index is 922. The van der Waals surface area contributed by atoms with Crippen molar-refractivity contribution in [3.8, 4) is 17.2 Å². The molecule has 1 N–H and O–H groups in total. The molecule has 1 unspecified atom stereocenters. The van der Waals surface area contributed by atoms with Crippen LogP contribution in [0.15, 0.2) is 30.3 Å². The summed E-state index contributed by atoms with van der Waals surface area (Å²) in [6, 6.07) is 8.72. The van der Waals surface area contributed by atoms with Gasteiger partial charge in [-0.3, -0.25) is 9.59 Å². The maximum Gasteiger partial charge on any atom is 0.229 e. The number of aryl methyl sites for hydroxylation is 1. The number of ether oxygens (including phenoxy) is 3. The van der Waals surface area contributed by atoms with E-state index in [9.17, 15) is 9.59 Å². The van der Waals surface area contributed by atoms with Crippen LogP contribution in [0, 0.1) is 12.8 Å². The quantitative estimate of drug-likeness (QED) is 0.774. The van der Waals surface area contributed by atoms with Gasteiger partial charge in [0.2, 0.25) is 17.6 Å². The molecular weight excluding hydrogens is 396 g/mol. The molecule has 0 aliphatic carbocycles. The lowest BCUT2D eigenvalue weighted by atomic mass is 10.1. The molecule has 0 saturated carbocycles. The minimum atomic E-state index is -0.485. The zero-order valence-electron chi connectivity index (χ0n) is 16.7. The Hall–Kier alpha value is -2.93. The van der Waals surface area contributed by atoms with Gasteiger partial charge in [0.05, 0.1) is 27.2 Å². The van der Waals surface area contributed by atoms with Gasteiger partial charge in [0.15, 0.2) is 11.5 Å². The first-order valence-corrected chi connectivity index (χ1v) is 9.43. The summed E-state index contributed by atoms with van der Waals surface area (Å²) in [5.41, 5.74) is 2.11. The number of methoxy groups -OCH3 is 3. The highest BCUT2D eigenvalue weighted by atomic mass is 35.5. The van der Waals surface area contributed by atoms with Crippen molar-refractivity contribution in [1.82, 2.24) is 0 Å². The molecule has 1 atom stereocenters. The fourth-order valence-corrected chi connectivity index (χ4v) is 3.45. The monoisotopic (exact) mass is 418 g/mol. The Morgan fingerprint density at radius 3 is 2.31 bits per heavy atom. The van der Waals surface area contributed by atoms with E-state index in [1.54, 1.807) is 23.1 Å². The number of anilines is 2. The molecule has 0 radical (unpaired) electrons. The minimum absolute atomic E-state index is 0.116. The van der Waals surface area contributed by atoms with Crippen molar-refractivity contribution in [2.75, 3.05) is 38.1 Å². The fraction of sp³-hybridized carbons (Fsp3) is 0.333. The van der Waals surface area contributed by atoms with Gasteiger partial charge in [-0.15, -0.1) is 0 Å². The van der Waals surface area contributed by atoms with Crippen LogP contribution in [0.3, 0.4) is 0 Å². The minimum Gasteiger partial charge on any atom is -0.493 e. The molecule has 1 heterocycles. The summed E-state index contributed by atoms with van der Waals surface area (Å²) in [5, 5.41) is 3.42. The highest BCUT2D eigenvalue weighted by molar-refractivity contribution is 6.31. The fourth-order valence-electron chi connectivity index (χ4n) is 3.28. The van der Waals surface area contributed by atoms with E-state index in [0.717, 1.165) is 5.56 Å². The van der Waals surface area contributed by atoms with Gasteiger partial charge in [0.25, 0.3) is 0 Å². The van der Waals surface area contributed by atoms with Gasteiger partial charge in [0.1, 0.15) is 0 Å². The van der Waals surface area contributed by atoms with E-state index < -0.39 is 5.92 Å². The van der Waals surface area contributed by atoms with Crippen LogP contribution in [0.4, 0.5) is 11.4 Å². The molecule has 154 valence electrons. The van der Waals surface area contributed by atoms with Crippen LogP contribution >= 0.6 is 11.6 Å². The summed E-state index contributed by atoms with van der Waals surface area (Å²) >= 11 is 6.18. The number of carbonyl (C=O) groups is 2. The maximum atomic E-state index is 12.8. The third-order valence-corrected chi connectivity index (χ3v) is 5.30. The van der Waals surface area contributed by atoms with Gasteiger partial charge in [-0.1, -0.05) is 17.7 Å². The molecule has 1 aliphatic rings. The molecule has 0 spiro atoms. The molecule has 1 aliphatic heterocycles. The van der Waals surface area contributed by atoms with Crippen molar-refractivity contribution >= 4 is 34.8 Å². The molecule has 2 aromatic rings. The summed E-state index contributed by atoms with van der Waals surface area (Å²) < 4.78 is 15.9. The highest BCUT2D eigenvalue weighted by Crippen LogP contribution is 2.40. The molecule has 3 rings (SSSR count). The molecule has 8 heteroatoms. The molecule has 2 amide bonds. The Morgan fingerprint density at radius 1 is 1.10 bits per heavy atom. The van der Waals surface area contributed by atoms with E-state index in [1.807, 2.05) is 19.1 Å². The van der Waals surface area contributed by atoms with Gasteiger partial charge in [-0.2, -0.15) is 0 Å². The average Bonchev–Trinajstić information content (AvgIpc) is 3.11. The molecule has 0 bridgehead atoms. The second-order valence-electron chi connectivity index (χ2n) is 6.74. The van der Waals surface area contributed by atoms with E-state index in [1.165, 1.54) is 21.3 Å². The van der Waals surface area contributed by atoms with Crippen LogP contribution in [0.2, 0.25) is 5.02 Å². The van der Waals surface area contributed by atoms with Gasteiger partial charge >= 0.3 is 0 Å². The molecule has 0 aromatic heterocycles. The molecule has 29 heavy (non-hydrogen) atoms. The number of hydrogen-bond acceptors (Lipinski definition) is 5. The number of halogens is 1. The smallest absolute Gasteiger partial charge is 0.229 e. The Morgan fingerprint density at radius 2 is 1.76 bits per heavy atom. The maximum absolute atomic E-state index is 12.8. The topological polar surface area (TPSA) is 77.1 Å². The predicted molar refractivity (Wildman–Crippen MR) is 111 cm³/mol. The SMILES string of the molecule is COc1cc(NC(=O)C2CC(=O)N(c3ccc(C)c(Cl)c3)C2)cc(OC)c1OC. The normalized spacial score (nSPS) is 16.0. The van der Waals surface area contributed by atoms with E-state index in [4.69, 9.17) is 25.8 Å². The Kier molecular flexibility index (Phi) is 6.17. The van der Waals surface area contributed by atoms with E-state index >= 15 is 0 Å². The summed E-state index contributed by atoms with van der Waals surface area (Å²) in [7, 11) is 4.51. The van der Waals surface area contributed by atoms with Gasteiger partial charge in [-0.25, -0.2) is 0 Å². The number of hydrogen-bond donors (Lipinski definition) is 1. The lowest BCUT2D eigenvalue weighted by Crippen LogP contribution is -2.28. The second kappa shape index (κ2) is 8.61. The Balaban J connectivity index is 1.76. The number of amides is 2. The first-order valence-electron chi connectivity index (χ1n) is 9.05. The summed E-state index contributed by atoms with van der Waals surface area (Å²) in [6.07, 6.45) is 0.127. The van der Waals surface area contributed by atoms with Gasteiger partial charge in [-0.05, 0) is 24.6 Å². The lowest BCUT2D eigenvalue weighted by Gasteiger charge is -2.18. The molecule has 7 nitrogen and oxygen atoms in total. The third-order valence-electron chi connectivity index (χ3n) is 4.90. The number of nitrogens with one attached hydrogen (secondary N) is 1. The molecule has 1 saturated heterocycles. The molecular formula is C21H23ClN2O5. The van der Waals surface area contributed by atoms with Crippen LogP contribution in [0.1, 0.15) is 12.0 Å². The van der Waals surface area contributed by atoms with E-state index in [0.29, 0.717) is 33.6 Å². The van der Waals surface area contributed by atoms with Gasteiger partial charge in [0, 0.05) is 41.5 Å². The lowest BCUT2D eigenvalue weighted by molar-refractivity contribution is -0.122. The summed E-state index contributed by atoms with van der Waals surface area (Å²) in [4.78, 5) is 26.8. The first kappa shape index (κ1) is 20.8. The van der Waals surface area contributed by atoms with Crippen molar-refractivity contribution in [3.05, 3.63) is 40.9 Å². The van der Waals surface area contributed by atoms with E-state index in [-0.39, 0.29) is 24.8 Å². The standard InChI is InChI=1S/C21H23ClN2O5/c1-12-5-6-15(10-16(12)22)24-11-13(7-19(24)25)21(26)23-14-8-17(27-2)20(29-4)18(9-14)28-3/h5-6,8-10,13H,7,11H2,1-4H3,(H,23,26). The second-order valence-corrected chi connectivity index (χ2v) is 7.15. The van der Waals surface area contributed by atoms with Crippen LogP contribution in [0.25, 0.3) is 0 Å². The van der Waals surface area contributed by atoms with E-state index in [2.05, 4.69) is 5.32 Å². The van der Waals surface area contributed by atoms with Crippen molar-refractivity contribution in [3.63, 3.8) is 0 Å². The predicted octanol–water partition coefficient (Wildman–Crippen LogP) is 3.67. The van der Waals surface area contributed by atoms with Gasteiger partial charge < -0.3 is 24.4 Å². The largest absolute Gasteiger partial charge is 0.493 e. The van der Waals surface area contributed by atoms with Crippen LogP contribution in [-0.2, 0) is 9.59 Å². The van der Waals surface area contributed by atoms with Crippen molar-refractivity contribution in [1.29, 1.82) is 0 Å². The number of benzene rings is 2. The number of rotatable bonds is 6. The molecule has 2 aromatic carbocycles. The Labute approximate surface area is 174 Å². The van der Waals surface area contributed by atoms with Crippen molar-refractivity contribution in [2.24, 2.45) is 5.92 Å². The number of carbonyl (C=O) groups excluding carboxylic acids is 2. The van der Waals surface area contributed by atoms with Crippen LogP contribution < -0.4 is 24.4 Å². The number of nitrogens with zero attached hydrogens (tertiary/aromatic N) is 1. The average molecular weight is 419 g/mol. The summed E-state index contributed by atoms with van der Waals surface area (Å²) in [6.45, 7) is 2.18. The first-order chi connectivity index (χ1) is 13.9. The third kappa shape index (κ3) is 4.24. The van der Waals surface area contributed by atoms with Crippen molar-refractivity contribution < 1.29 is 23.8 Å². The summed E-state index contributed by atoms with van der Waals surface area (Å²) in [5.74, 6) is 0.442.